The lowest BCUT2D eigenvalue weighted by Gasteiger charge is -2.45. The summed E-state index contributed by atoms with van der Waals surface area (Å²) in [5.41, 5.74) is 2.91. The summed E-state index contributed by atoms with van der Waals surface area (Å²) in [5, 5.41) is 88.5. The number of phosphoric ester groups is 1. The smallest absolute Gasteiger partial charge is 0.309 e. The summed E-state index contributed by atoms with van der Waals surface area (Å²) in [6.45, 7) is -0.844. The predicted molar refractivity (Wildman–Crippen MR) is 264 cm³/mol. The number of hydrogen-bond acceptors (Lipinski definition) is 25. The molecule has 2 amide bonds. The van der Waals surface area contributed by atoms with Crippen LogP contribution in [0.1, 0.15) is 80.1 Å². The van der Waals surface area contributed by atoms with Gasteiger partial charge < -0.3 is 93.1 Å². The molecule has 0 aromatic heterocycles. The van der Waals surface area contributed by atoms with E-state index in [9.17, 15) is 64.4 Å². The number of esters is 2. The molecule has 1 aliphatic carbocycles. The maximum absolute atomic E-state index is 14.2. The number of para-hydroxylation sites is 1. The number of unbranched alkanes of at least 4 members (excludes halogenated alkanes) is 3. The molecule has 434 valence electrons. The molecule has 5 aliphatic rings. The Morgan fingerprint density at radius 1 is 0.744 bits per heavy atom. The number of benzene rings is 2. The van der Waals surface area contributed by atoms with Gasteiger partial charge in [-0.05, 0) is 42.9 Å². The van der Waals surface area contributed by atoms with E-state index >= 15 is 0 Å². The summed E-state index contributed by atoms with van der Waals surface area (Å²) < 4.78 is 60.1. The Morgan fingerprint density at radius 2 is 1.37 bits per heavy atom. The molecule has 3 fully saturated rings. The van der Waals surface area contributed by atoms with Gasteiger partial charge in [-0.2, -0.15) is 5.11 Å². The van der Waals surface area contributed by atoms with Gasteiger partial charge in [0.15, 0.2) is 12.6 Å². The van der Waals surface area contributed by atoms with E-state index in [1.807, 2.05) is 42.5 Å². The third kappa shape index (κ3) is 14.6. The number of rotatable bonds is 24. The lowest BCUT2D eigenvalue weighted by Crippen LogP contribution is -2.61. The van der Waals surface area contributed by atoms with E-state index in [4.69, 9.17) is 37.7 Å². The second-order valence-corrected chi connectivity index (χ2v) is 21.1. The largest absolute Gasteiger partial charge is 0.756 e. The highest BCUT2D eigenvalue weighted by atomic mass is 31.2. The number of anilines is 1. The number of hydrogen-bond donors (Lipinski definition) is 8. The highest BCUT2D eigenvalue weighted by molar-refractivity contribution is 7.45. The Bertz CT molecular complexity index is 2410. The van der Waals surface area contributed by atoms with Crippen molar-refractivity contribution in [3.63, 3.8) is 0 Å². The van der Waals surface area contributed by atoms with E-state index in [2.05, 4.69) is 20.2 Å². The summed E-state index contributed by atoms with van der Waals surface area (Å²) in [4.78, 5) is 66.1. The third-order valence-corrected chi connectivity index (χ3v) is 15.6. The van der Waals surface area contributed by atoms with Gasteiger partial charge in [-0.15, -0.1) is 0 Å². The minimum atomic E-state index is -4.27. The normalized spacial score (nSPS) is 32.4. The van der Waals surface area contributed by atoms with Crippen LogP contribution in [-0.4, -0.2) is 199 Å². The highest BCUT2D eigenvalue weighted by Crippen LogP contribution is 2.48. The summed E-state index contributed by atoms with van der Waals surface area (Å²) in [7, 11) is -0.988. The van der Waals surface area contributed by atoms with Crippen LogP contribution in [0.2, 0.25) is 0 Å². The molecule has 7 rings (SSSR count). The first-order valence-corrected chi connectivity index (χ1v) is 27.3. The molecule has 1 saturated carbocycles. The number of nitrogens with zero attached hydrogens (tertiary/aromatic N) is 4. The Kier molecular flexibility index (Phi) is 22.0. The molecule has 2 aromatic rings. The van der Waals surface area contributed by atoms with Crippen molar-refractivity contribution in [3.05, 3.63) is 65.2 Å². The van der Waals surface area contributed by atoms with Gasteiger partial charge in [-0.1, -0.05) is 60.5 Å². The van der Waals surface area contributed by atoms with Gasteiger partial charge in [0.05, 0.1) is 77.8 Å². The number of nitrogens with one attached hydrogen (secondary N) is 1. The zero-order chi connectivity index (χ0) is 56.3. The molecule has 17 atom stereocenters. The topological polar surface area (TPSA) is 376 Å². The SMILES string of the molecule is COC(=O)C1C[C@H](OCC2O[C@H](OCCN3N=NC4c5ccccc5CN(C(=O)CCC(=O)NCCCCCCOP(=O)([O-])OC)c5ccccc5C43)C(O)[C@@H](O)[C@@H]2O)C(O[C@H]2OC(CO)[C@@H](O)[C@H](O)C2O)C[C@@H]1C(=O)OC. The lowest BCUT2D eigenvalue weighted by atomic mass is 9.76. The van der Waals surface area contributed by atoms with Gasteiger partial charge >= 0.3 is 11.9 Å². The quantitative estimate of drug-likeness (QED) is 0.0368. The maximum Gasteiger partial charge on any atom is 0.309 e. The molecule has 28 heteroatoms. The Morgan fingerprint density at radius 3 is 2.06 bits per heavy atom. The first kappa shape index (κ1) is 61.0. The molecule has 4 aliphatic heterocycles. The molecule has 8 N–H and O–H groups in total. The standard InChI is InChI=1S/C50H72N5O22P/c1-69-47(65)30-22-33(34(23-31(30)48(66)70-2)75-50-46(64)43(61)41(59)35(25-56)76-50)73-26-36-42(60)44(62)45(63)49(77-36)72-21-19-55-40-29-14-8-9-15-32(29)54(24-27-12-6-7-13-28(27)39(40)52-53-55)38(58)17-16-37(57)51-18-10-4-5-11-20-74-78(67,68)71-3/h6-9,12-15,30-31,33-36,39-46,49-50,56,59-64H,4-5,10-11,16-26H2,1-3H3,(H,51,57)(H,67,68)/p-1/t30?,31-,33-,34?,35?,36?,39?,40?,41+,42+,43-,44-,45?,46?,49-,50-/m0/s1. The monoisotopic (exact) mass is 1120 g/mol. The molecule has 78 heavy (non-hydrogen) atoms. The number of amides is 2. The van der Waals surface area contributed by atoms with Crippen LogP contribution in [0.4, 0.5) is 5.69 Å². The van der Waals surface area contributed by atoms with E-state index in [0.717, 1.165) is 38.9 Å². The van der Waals surface area contributed by atoms with Crippen molar-refractivity contribution in [3.8, 4) is 0 Å². The van der Waals surface area contributed by atoms with Crippen LogP contribution in [0.5, 0.6) is 0 Å². The molecule has 4 heterocycles. The number of aliphatic hydroxyl groups is 7. The second-order valence-electron chi connectivity index (χ2n) is 19.6. The van der Waals surface area contributed by atoms with Crippen LogP contribution >= 0.6 is 7.82 Å². The van der Waals surface area contributed by atoms with Crippen molar-refractivity contribution in [1.82, 2.24) is 10.3 Å². The first-order chi connectivity index (χ1) is 37.4. The van der Waals surface area contributed by atoms with Crippen molar-refractivity contribution >= 4 is 37.3 Å². The van der Waals surface area contributed by atoms with E-state index in [1.54, 1.807) is 16.0 Å². The Balaban J connectivity index is 0.989. The minimum absolute atomic E-state index is 0.00174. The molecule has 2 saturated heterocycles. The van der Waals surface area contributed by atoms with Crippen LogP contribution in [0.25, 0.3) is 0 Å². The van der Waals surface area contributed by atoms with E-state index < -0.39 is 131 Å². The fourth-order valence-corrected chi connectivity index (χ4v) is 10.8. The van der Waals surface area contributed by atoms with Crippen molar-refractivity contribution < 1.29 is 107 Å². The number of aliphatic hydroxyl groups excluding tert-OH is 7. The van der Waals surface area contributed by atoms with E-state index in [-0.39, 0.29) is 63.8 Å². The number of methoxy groups -OCH3 is 2. The van der Waals surface area contributed by atoms with Gasteiger partial charge in [0.2, 0.25) is 11.8 Å². The van der Waals surface area contributed by atoms with E-state index in [0.29, 0.717) is 37.1 Å². The Hall–Kier alpha value is -4.65. The molecular weight excluding hydrogens is 1050 g/mol. The molecule has 0 radical (unpaired) electrons. The lowest BCUT2D eigenvalue weighted by molar-refractivity contribution is -0.327. The number of ether oxygens (including phenoxy) is 7. The Labute approximate surface area is 449 Å². The number of fused-ring (bicyclic) bond motifs is 5. The minimum Gasteiger partial charge on any atom is -0.756 e. The average Bonchev–Trinajstić information content (AvgIpc) is 3.90. The van der Waals surface area contributed by atoms with Crippen LogP contribution < -0.4 is 15.1 Å². The van der Waals surface area contributed by atoms with E-state index in [1.165, 1.54) is 0 Å². The number of carbonyl (C=O) groups is 4. The van der Waals surface area contributed by atoms with Gasteiger partial charge in [-0.25, -0.2) is 0 Å². The zero-order valence-corrected chi connectivity index (χ0v) is 44.3. The van der Waals surface area contributed by atoms with Crippen molar-refractivity contribution in [2.45, 2.75) is 144 Å². The van der Waals surface area contributed by atoms with Crippen molar-refractivity contribution in [1.29, 1.82) is 0 Å². The van der Waals surface area contributed by atoms with Gasteiger partial charge in [0.1, 0.15) is 60.9 Å². The summed E-state index contributed by atoms with van der Waals surface area (Å²) >= 11 is 0. The average molecular weight is 1130 g/mol. The summed E-state index contributed by atoms with van der Waals surface area (Å²) in [6.07, 6.45) is -17.1. The van der Waals surface area contributed by atoms with Gasteiger partial charge in [0, 0.05) is 37.7 Å². The van der Waals surface area contributed by atoms with Crippen molar-refractivity contribution in [2.75, 3.05) is 65.7 Å². The molecule has 27 nitrogen and oxygen atoms in total. The third-order valence-electron chi connectivity index (χ3n) is 14.7. The molecule has 9 unspecified atom stereocenters. The summed E-state index contributed by atoms with van der Waals surface area (Å²) in [5.74, 6) is -4.44. The highest BCUT2D eigenvalue weighted by Gasteiger charge is 2.52. The molecule has 2 aromatic carbocycles. The summed E-state index contributed by atoms with van der Waals surface area (Å²) in [6, 6.07) is 13.7. The fraction of sp³-hybridized carbons (Fsp3) is 0.680. The predicted octanol–water partition coefficient (Wildman–Crippen LogP) is -0.647. The maximum atomic E-state index is 14.2. The van der Waals surface area contributed by atoms with Crippen LogP contribution in [-0.2, 0) is 72.5 Å². The van der Waals surface area contributed by atoms with Crippen LogP contribution in [0.3, 0.4) is 0 Å². The second kappa shape index (κ2) is 28.2. The zero-order valence-electron chi connectivity index (χ0n) is 43.5. The van der Waals surface area contributed by atoms with Crippen LogP contribution in [0, 0.1) is 11.8 Å². The number of phosphoric acid groups is 1. The fourth-order valence-electron chi connectivity index (χ4n) is 10.4. The number of carbonyl (C=O) groups excluding carboxylic acids is 4. The van der Waals surface area contributed by atoms with Gasteiger partial charge in [-0.3, -0.25) is 28.8 Å². The molecular formula is C50H71N5O22P-. The van der Waals surface area contributed by atoms with Crippen LogP contribution in [0.15, 0.2) is 58.9 Å². The van der Waals surface area contributed by atoms with Crippen molar-refractivity contribution in [2.24, 2.45) is 22.2 Å². The first-order valence-electron chi connectivity index (χ1n) is 25.9. The molecule has 0 bridgehead atoms. The molecule has 0 spiro atoms. The van der Waals surface area contributed by atoms with Gasteiger partial charge in [0.25, 0.3) is 7.82 Å².